The van der Waals surface area contributed by atoms with Gasteiger partial charge in [-0.05, 0) is 49.6 Å². The van der Waals surface area contributed by atoms with Gasteiger partial charge in [-0.25, -0.2) is 0 Å². The van der Waals surface area contributed by atoms with Gasteiger partial charge in [0.1, 0.15) is 5.58 Å². The highest BCUT2D eigenvalue weighted by Crippen LogP contribution is 2.41. The Morgan fingerprint density at radius 3 is 2.59 bits per heavy atom. The molecule has 7 heteroatoms. The van der Waals surface area contributed by atoms with Crippen LogP contribution in [0.15, 0.2) is 51.7 Å². The van der Waals surface area contributed by atoms with Crippen LogP contribution in [0.25, 0.3) is 11.0 Å². The zero-order chi connectivity index (χ0) is 24.1. The van der Waals surface area contributed by atoms with Crippen LogP contribution in [0.4, 0.5) is 0 Å². The van der Waals surface area contributed by atoms with Crippen molar-refractivity contribution in [3.63, 3.8) is 0 Å². The molecule has 0 spiro atoms. The number of amides is 1. The lowest BCUT2D eigenvalue weighted by Crippen LogP contribution is -2.31. The standard InChI is InChI=1S/C27H31NO6/c1-3-5-8-16-33-21-13-12-18(17-22(21)32-4-2)24-23-25(30)19-10-6-7-11-20(19)34-26(23)27(31)28(24)14-9-15-29/h6-7,10-13,17,24,29H,3-5,8-9,14-16H2,1-2H3/t24-/m0/s1. The number of hydrogen-bond acceptors (Lipinski definition) is 6. The summed E-state index contributed by atoms with van der Waals surface area (Å²) < 4.78 is 17.7. The third kappa shape index (κ3) is 4.53. The van der Waals surface area contributed by atoms with Gasteiger partial charge in [0.2, 0.25) is 5.76 Å². The van der Waals surface area contributed by atoms with Crippen LogP contribution in [0.2, 0.25) is 0 Å². The smallest absolute Gasteiger partial charge is 0.290 e. The quantitative estimate of drug-likeness (QED) is 0.413. The minimum atomic E-state index is -0.636. The van der Waals surface area contributed by atoms with E-state index in [4.69, 9.17) is 13.9 Å². The molecule has 3 aromatic rings. The van der Waals surface area contributed by atoms with Gasteiger partial charge in [-0.1, -0.05) is 38.0 Å². The summed E-state index contributed by atoms with van der Waals surface area (Å²) in [7, 11) is 0. The monoisotopic (exact) mass is 465 g/mol. The van der Waals surface area contributed by atoms with E-state index in [1.807, 2.05) is 25.1 Å². The topological polar surface area (TPSA) is 89.2 Å². The Kier molecular flexibility index (Phi) is 7.53. The van der Waals surface area contributed by atoms with Crippen LogP contribution in [-0.2, 0) is 0 Å². The minimum Gasteiger partial charge on any atom is -0.490 e. The van der Waals surface area contributed by atoms with E-state index in [2.05, 4.69) is 6.92 Å². The summed E-state index contributed by atoms with van der Waals surface area (Å²) >= 11 is 0. The Labute approximate surface area is 198 Å². The molecule has 4 rings (SSSR count). The zero-order valence-corrected chi connectivity index (χ0v) is 19.7. The van der Waals surface area contributed by atoms with Crippen molar-refractivity contribution in [2.24, 2.45) is 0 Å². The maximum Gasteiger partial charge on any atom is 0.290 e. The first kappa shape index (κ1) is 23.8. The fourth-order valence-electron chi connectivity index (χ4n) is 4.40. The maximum absolute atomic E-state index is 13.5. The number of unbranched alkanes of at least 4 members (excludes halogenated alkanes) is 2. The van der Waals surface area contributed by atoms with Gasteiger partial charge in [-0.2, -0.15) is 0 Å². The van der Waals surface area contributed by atoms with E-state index in [1.165, 1.54) is 0 Å². The van der Waals surface area contributed by atoms with Crippen LogP contribution in [0.1, 0.15) is 67.3 Å². The van der Waals surface area contributed by atoms with E-state index < -0.39 is 6.04 Å². The second-order valence-electron chi connectivity index (χ2n) is 8.34. The molecule has 0 unspecified atom stereocenters. The number of aliphatic hydroxyl groups excluding tert-OH is 1. The van der Waals surface area contributed by atoms with E-state index in [1.54, 1.807) is 29.2 Å². The van der Waals surface area contributed by atoms with Crippen molar-refractivity contribution in [2.75, 3.05) is 26.4 Å². The van der Waals surface area contributed by atoms with Crippen molar-refractivity contribution in [1.82, 2.24) is 4.90 Å². The van der Waals surface area contributed by atoms with Crippen LogP contribution < -0.4 is 14.9 Å². The summed E-state index contributed by atoms with van der Waals surface area (Å²) in [6.07, 6.45) is 3.54. The lowest BCUT2D eigenvalue weighted by Gasteiger charge is -2.25. The summed E-state index contributed by atoms with van der Waals surface area (Å²) in [6, 6.07) is 11.8. The minimum absolute atomic E-state index is 0.0597. The summed E-state index contributed by atoms with van der Waals surface area (Å²) in [5, 5.41) is 9.84. The highest BCUT2D eigenvalue weighted by atomic mass is 16.5. The van der Waals surface area contributed by atoms with Crippen molar-refractivity contribution in [1.29, 1.82) is 0 Å². The van der Waals surface area contributed by atoms with Gasteiger partial charge in [0.05, 0.1) is 30.2 Å². The number of benzene rings is 2. The number of ether oxygens (including phenoxy) is 2. The highest BCUT2D eigenvalue weighted by molar-refractivity contribution is 5.99. The Balaban J connectivity index is 1.80. The average molecular weight is 466 g/mol. The second-order valence-corrected chi connectivity index (χ2v) is 8.34. The summed E-state index contributed by atoms with van der Waals surface area (Å²) in [5.41, 5.74) is 1.21. The molecule has 1 aliphatic heterocycles. The van der Waals surface area contributed by atoms with Gasteiger partial charge in [0, 0.05) is 13.2 Å². The number of aliphatic hydroxyl groups is 1. The van der Waals surface area contributed by atoms with E-state index in [0.717, 1.165) is 24.8 Å². The largest absolute Gasteiger partial charge is 0.490 e. The molecule has 2 aromatic carbocycles. The number of para-hydroxylation sites is 1. The Morgan fingerprint density at radius 2 is 1.82 bits per heavy atom. The molecular formula is C27H31NO6. The number of carbonyl (C=O) groups excluding carboxylic acids is 1. The van der Waals surface area contributed by atoms with Crippen molar-refractivity contribution >= 4 is 16.9 Å². The van der Waals surface area contributed by atoms with Crippen LogP contribution in [-0.4, -0.2) is 42.3 Å². The number of hydrogen-bond donors (Lipinski definition) is 1. The maximum atomic E-state index is 13.5. The third-order valence-electron chi connectivity index (χ3n) is 6.02. The van der Waals surface area contributed by atoms with Gasteiger partial charge >= 0.3 is 0 Å². The van der Waals surface area contributed by atoms with Crippen molar-refractivity contribution in [2.45, 2.75) is 45.6 Å². The molecule has 180 valence electrons. The first-order valence-electron chi connectivity index (χ1n) is 12.0. The molecule has 0 saturated heterocycles. The molecule has 1 aliphatic rings. The highest BCUT2D eigenvalue weighted by Gasteiger charge is 2.42. The average Bonchev–Trinajstić information content (AvgIpc) is 3.13. The molecule has 1 N–H and O–H groups in total. The van der Waals surface area contributed by atoms with Gasteiger partial charge in [0.15, 0.2) is 16.9 Å². The molecule has 0 fully saturated rings. The first-order valence-corrected chi connectivity index (χ1v) is 12.0. The van der Waals surface area contributed by atoms with Crippen LogP contribution in [0, 0.1) is 0 Å². The van der Waals surface area contributed by atoms with E-state index in [0.29, 0.717) is 54.2 Å². The molecule has 7 nitrogen and oxygen atoms in total. The molecule has 0 bridgehead atoms. The predicted octanol–water partition coefficient (Wildman–Crippen LogP) is 4.69. The molecule has 0 aliphatic carbocycles. The molecule has 1 atom stereocenters. The van der Waals surface area contributed by atoms with Crippen LogP contribution >= 0.6 is 0 Å². The lowest BCUT2D eigenvalue weighted by atomic mass is 9.98. The fourth-order valence-corrected chi connectivity index (χ4v) is 4.40. The number of nitrogens with zero attached hydrogens (tertiary/aromatic N) is 1. The van der Waals surface area contributed by atoms with Crippen molar-refractivity contribution in [3.8, 4) is 11.5 Å². The fraction of sp³-hybridized carbons (Fsp3) is 0.407. The Hall–Kier alpha value is -3.32. The molecule has 34 heavy (non-hydrogen) atoms. The third-order valence-corrected chi connectivity index (χ3v) is 6.02. The van der Waals surface area contributed by atoms with Crippen molar-refractivity contribution in [3.05, 3.63) is 69.6 Å². The van der Waals surface area contributed by atoms with Gasteiger partial charge in [0.25, 0.3) is 5.91 Å². The Morgan fingerprint density at radius 1 is 1.00 bits per heavy atom. The molecule has 0 saturated carbocycles. The first-order chi connectivity index (χ1) is 16.6. The molecule has 1 amide bonds. The summed E-state index contributed by atoms with van der Waals surface area (Å²) in [5.74, 6) is 0.919. The SMILES string of the molecule is CCCCCOc1ccc([C@H]2c3c(oc4ccccc4c3=O)C(=O)N2CCCO)cc1OCC. The van der Waals surface area contributed by atoms with Gasteiger partial charge in [-0.3, -0.25) is 9.59 Å². The van der Waals surface area contributed by atoms with Crippen molar-refractivity contribution < 1.29 is 23.8 Å². The zero-order valence-electron chi connectivity index (χ0n) is 19.7. The normalized spacial score (nSPS) is 15.1. The van der Waals surface area contributed by atoms with Gasteiger partial charge < -0.3 is 23.9 Å². The van der Waals surface area contributed by atoms with E-state index in [-0.39, 0.29) is 23.7 Å². The van der Waals surface area contributed by atoms with Gasteiger partial charge in [-0.15, -0.1) is 0 Å². The molecule has 0 radical (unpaired) electrons. The number of carbonyl (C=O) groups is 1. The second kappa shape index (κ2) is 10.7. The predicted molar refractivity (Wildman–Crippen MR) is 130 cm³/mol. The van der Waals surface area contributed by atoms with Crippen LogP contribution in [0.5, 0.6) is 11.5 Å². The lowest BCUT2D eigenvalue weighted by molar-refractivity contribution is 0.0716. The Bertz CT molecular complexity index is 1220. The number of rotatable bonds is 11. The summed E-state index contributed by atoms with van der Waals surface area (Å²) in [4.78, 5) is 28.4. The molecule has 2 heterocycles. The van der Waals surface area contributed by atoms with E-state index >= 15 is 0 Å². The molecular weight excluding hydrogens is 434 g/mol. The number of fused-ring (bicyclic) bond motifs is 2. The molecule has 1 aromatic heterocycles. The summed E-state index contributed by atoms with van der Waals surface area (Å²) in [6.45, 7) is 5.32. The van der Waals surface area contributed by atoms with E-state index in [9.17, 15) is 14.7 Å². The van der Waals surface area contributed by atoms with Crippen LogP contribution in [0.3, 0.4) is 0 Å².